The molecule has 1 amide bonds. The van der Waals surface area contributed by atoms with E-state index in [-0.39, 0.29) is 43.5 Å². The van der Waals surface area contributed by atoms with E-state index in [9.17, 15) is 22.7 Å². The van der Waals surface area contributed by atoms with Crippen LogP contribution in [0.25, 0.3) is 0 Å². The first-order valence-electron chi connectivity index (χ1n) is 14.0. The lowest BCUT2D eigenvalue weighted by Crippen LogP contribution is -2.52. The molecule has 4 atom stereocenters. The molecule has 234 valence electrons. The minimum absolute atomic E-state index is 0.00118. The number of rotatable bonds is 16. The van der Waals surface area contributed by atoms with Crippen molar-refractivity contribution in [1.29, 1.82) is 0 Å². The van der Waals surface area contributed by atoms with Crippen molar-refractivity contribution in [3.63, 3.8) is 0 Å². The third-order valence-electron chi connectivity index (χ3n) is 6.41. The van der Waals surface area contributed by atoms with E-state index in [1.807, 2.05) is 44.2 Å². The van der Waals surface area contributed by atoms with Crippen LogP contribution in [-0.4, -0.2) is 74.9 Å². The number of nitrogens with two attached hydrogens (primary N) is 1. The van der Waals surface area contributed by atoms with Crippen LogP contribution in [0.5, 0.6) is 0 Å². The summed E-state index contributed by atoms with van der Waals surface area (Å²) in [5, 5.41) is 2.76. The fourth-order valence-corrected chi connectivity index (χ4v) is 7.04. The van der Waals surface area contributed by atoms with Gasteiger partial charge in [0.05, 0.1) is 30.8 Å². The van der Waals surface area contributed by atoms with Gasteiger partial charge < -0.3 is 25.4 Å². The lowest BCUT2D eigenvalue weighted by molar-refractivity contribution is 0.0528. The van der Waals surface area contributed by atoms with Gasteiger partial charge in [0.15, 0.2) is 0 Å². The van der Waals surface area contributed by atoms with E-state index in [1.54, 1.807) is 6.92 Å². The lowest BCUT2D eigenvalue weighted by atomic mass is 10.0. The minimum atomic E-state index is -4.67. The fourth-order valence-electron chi connectivity index (χ4n) is 4.40. The second-order valence-corrected chi connectivity index (χ2v) is 13.9. The molecule has 12 nitrogen and oxygen atoms in total. The number of carbonyl (C=O) groups is 1. The summed E-state index contributed by atoms with van der Waals surface area (Å²) in [7, 11) is -8.78. The van der Waals surface area contributed by atoms with Crippen LogP contribution in [0.15, 0.2) is 59.5 Å². The SMILES string of the molecule is CCCOP(=O)(O)O[C@H](CN(CC(C)C)S(=O)(=O)c1ccc(N)cc1)[C@H](Cc1ccccc1)NC(=O)O[C@H]1CCOC1. The summed E-state index contributed by atoms with van der Waals surface area (Å²) >= 11 is 0. The highest BCUT2D eigenvalue weighted by atomic mass is 32.2. The third kappa shape index (κ3) is 10.6. The topological polar surface area (TPSA) is 167 Å². The predicted octanol–water partition coefficient (Wildman–Crippen LogP) is 3.95. The van der Waals surface area contributed by atoms with Gasteiger partial charge in [0, 0.05) is 25.2 Å². The zero-order valence-electron chi connectivity index (χ0n) is 24.3. The van der Waals surface area contributed by atoms with Crippen molar-refractivity contribution in [1.82, 2.24) is 9.62 Å². The molecule has 4 N–H and O–H groups in total. The smallest absolute Gasteiger partial charge is 0.444 e. The van der Waals surface area contributed by atoms with Crippen molar-refractivity contribution in [3.05, 3.63) is 60.2 Å². The van der Waals surface area contributed by atoms with Crippen LogP contribution in [0.2, 0.25) is 0 Å². The zero-order valence-corrected chi connectivity index (χ0v) is 26.0. The molecule has 0 radical (unpaired) electrons. The Hall–Kier alpha value is -2.51. The van der Waals surface area contributed by atoms with Gasteiger partial charge in [-0.05, 0) is 48.6 Å². The van der Waals surface area contributed by atoms with Crippen LogP contribution >= 0.6 is 7.82 Å². The molecule has 14 heteroatoms. The molecule has 0 saturated carbocycles. The van der Waals surface area contributed by atoms with Crippen molar-refractivity contribution in [2.45, 2.75) is 63.2 Å². The van der Waals surface area contributed by atoms with Gasteiger partial charge >= 0.3 is 13.9 Å². The number of anilines is 1. The van der Waals surface area contributed by atoms with Gasteiger partial charge in [-0.2, -0.15) is 4.31 Å². The van der Waals surface area contributed by atoms with Gasteiger partial charge in [-0.1, -0.05) is 51.1 Å². The molecule has 1 unspecified atom stereocenters. The number of ether oxygens (including phenoxy) is 2. The maximum atomic E-state index is 13.8. The molecule has 1 heterocycles. The Morgan fingerprint density at radius 2 is 1.86 bits per heavy atom. The number of hydrogen-bond acceptors (Lipinski definition) is 9. The quantitative estimate of drug-likeness (QED) is 0.183. The third-order valence-corrected chi connectivity index (χ3v) is 9.30. The van der Waals surface area contributed by atoms with Gasteiger partial charge in [-0.25, -0.2) is 17.8 Å². The summed E-state index contributed by atoms with van der Waals surface area (Å²) < 4.78 is 63.5. The number of phosphoric ester groups is 1. The fraction of sp³-hybridized carbons (Fsp3) is 0.536. The molecule has 2 aromatic rings. The number of phosphoric acid groups is 1. The molecule has 1 fully saturated rings. The highest BCUT2D eigenvalue weighted by molar-refractivity contribution is 7.89. The Labute approximate surface area is 248 Å². The Balaban J connectivity index is 2.00. The Bertz CT molecular complexity index is 1270. The van der Waals surface area contributed by atoms with Gasteiger partial charge in [0.1, 0.15) is 12.2 Å². The lowest BCUT2D eigenvalue weighted by Gasteiger charge is -2.34. The van der Waals surface area contributed by atoms with Crippen molar-refractivity contribution in [3.8, 4) is 0 Å². The molecular formula is C28H42N3O9PS. The molecule has 1 aliphatic rings. The maximum Gasteiger partial charge on any atom is 0.472 e. The second-order valence-electron chi connectivity index (χ2n) is 10.6. The Kier molecular flexibility index (Phi) is 12.8. The summed E-state index contributed by atoms with van der Waals surface area (Å²) in [5.41, 5.74) is 6.95. The summed E-state index contributed by atoms with van der Waals surface area (Å²) in [5.74, 6) is -0.112. The van der Waals surface area contributed by atoms with Gasteiger partial charge in [-0.15, -0.1) is 0 Å². The molecule has 1 saturated heterocycles. The van der Waals surface area contributed by atoms with Crippen LogP contribution in [0.3, 0.4) is 0 Å². The van der Waals surface area contributed by atoms with E-state index in [0.29, 0.717) is 25.1 Å². The number of alkyl carbamates (subject to hydrolysis) is 1. The van der Waals surface area contributed by atoms with E-state index < -0.39 is 42.2 Å². The van der Waals surface area contributed by atoms with E-state index in [1.165, 1.54) is 28.6 Å². The van der Waals surface area contributed by atoms with Gasteiger partial charge in [-0.3, -0.25) is 9.05 Å². The van der Waals surface area contributed by atoms with Crippen LogP contribution in [0, 0.1) is 5.92 Å². The minimum Gasteiger partial charge on any atom is -0.444 e. The Morgan fingerprint density at radius 3 is 2.45 bits per heavy atom. The van der Waals surface area contributed by atoms with E-state index in [2.05, 4.69) is 5.32 Å². The van der Waals surface area contributed by atoms with Gasteiger partial charge in [0.25, 0.3) is 0 Å². The first-order valence-corrected chi connectivity index (χ1v) is 16.9. The summed E-state index contributed by atoms with van der Waals surface area (Å²) in [6.45, 7) is 5.84. The number of nitrogens with one attached hydrogen (secondary N) is 1. The number of hydrogen-bond donors (Lipinski definition) is 3. The molecule has 42 heavy (non-hydrogen) atoms. The Morgan fingerprint density at radius 1 is 1.17 bits per heavy atom. The molecule has 0 aliphatic carbocycles. The first-order chi connectivity index (χ1) is 19.9. The van der Waals surface area contributed by atoms with Gasteiger partial charge in [0.2, 0.25) is 10.0 Å². The normalized spacial score (nSPS) is 18.5. The number of benzene rings is 2. The molecule has 0 aromatic heterocycles. The zero-order chi connectivity index (χ0) is 30.8. The van der Waals surface area contributed by atoms with Crippen molar-refractivity contribution in [2.24, 2.45) is 5.92 Å². The molecule has 2 aromatic carbocycles. The summed E-state index contributed by atoms with van der Waals surface area (Å²) in [6, 6.07) is 13.9. The monoisotopic (exact) mass is 627 g/mol. The van der Waals surface area contributed by atoms with E-state index in [4.69, 9.17) is 24.3 Å². The van der Waals surface area contributed by atoms with Crippen LogP contribution in [-0.2, 0) is 39.5 Å². The second kappa shape index (κ2) is 15.8. The maximum absolute atomic E-state index is 13.8. The number of sulfonamides is 1. The highest BCUT2D eigenvalue weighted by Crippen LogP contribution is 2.45. The van der Waals surface area contributed by atoms with Crippen molar-refractivity contribution in [2.75, 3.05) is 38.6 Å². The number of nitrogen functional groups attached to an aromatic ring is 1. The van der Waals surface area contributed by atoms with Crippen LogP contribution < -0.4 is 11.1 Å². The molecule has 0 spiro atoms. The average Bonchev–Trinajstić information content (AvgIpc) is 3.44. The highest BCUT2D eigenvalue weighted by Gasteiger charge is 2.38. The van der Waals surface area contributed by atoms with Crippen LogP contribution in [0.1, 0.15) is 39.2 Å². The van der Waals surface area contributed by atoms with Crippen molar-refractivity contribution >= 4 is 29.6 Å². The van der Waals surface area contributed by atoms with E-state index >= 15 is 0 Å². The van der Waals surface area contributed by atoms with E-state index in [0.717, 1.165) is 5.56 Å². The predicted molar refractivity (Wildman–Crippen MR) is 158 cm³/mol. The first kappa shape index (κ1) is 34.0. The van der Waals surface area contributed by atoms with Crippen LogP contribution in [0.4, 0.5) is 10.5 Å². The molecule has 0 bridgehead atoms. The molecule has 1 aliphatic heterocycles. The summed E-state index contributed by atoms with van der Waals surface area (Å²) in [4.78, 5) is 23.6. The number of nitrogens with zero attached hydrogens (tertiary/aromatic N) is 1. The molecular weight excluding hydrogens is 585 g/mol. The number of carbonyl (C=O) groups excluding carboxylic acids is 1. The number of amides is 1. The summed E-state index contributed by atoms with van der Waals surface area (Å²) in [6.07, 6.45) is -1.40. The standard InChI is InChI=1S/C28H42N3O9PS/c1-4-15-38-41(33,34)40-27(19-31(18-21(2)3)42(35,36)25-12-10-23(29)11-13-25)26(17-22-8-6-5-7-9-22)30-28(32)39-24-14-16-37-20-24/h5-13,21,24,26-27H,4,14-20,29H2,1-3H3,(H,30,32)(H,33,34)/t24-,26-,27+/m0/s1. The molecule has 3 rings (SSSR count). The largest absolute Gasteiger partial charge is 0.472 e. The van der Waals surface area contributed by atoms with Crippen molar-refractivity contribution < 1.29 is 41.2 Å². The average molecular weight is 628 g/mol.